The first kappa shape index (κ1) is 9.62. The maximum absolute atomic E-state index is 9.47. The number of thiazole rings is 1. The van der Waals surface area contributed by atoms with Gasteiger partial charge in [0.25, 0.3) is 0 Å². The van der Waals surface area contributed by atoms with E-state index in [0.717, 1.165) is 10.5 Å². The molecule has 0 saturated carbocycles. The molecule has 0 unspecified atom stereocenters. The molecule has 2 aromatic rings. The van der Waals surface area contributed by atoms with Crippen LogP contribution in [0.1, 0.15) is 24.8 Å². The lowest BCUT2D eigenvalue weighted by molar-refractivity contribution is 0.169. The Morgan fingerprint density at radius 1 is 1.29 bits per heavy atom. The van der Waals surface area contributed by atoms with E-state index in [1.807, 2.05) is 25.1 Å². The van der Waals surface area contributed by atoms with Crippen molar-refractivity contribution < 1.29 is 5.11 Å². The summed E-state index contributed by atoms with van der Waals surface area (Å²) in [7, 11) is 0. The van der Waals surface area contributed by atoms with Gasteiger partial charge in [0, 0.05) is 5.92 Å². The van der Waals surface area contributed by atoms with Gasteiger partial charge in [-0.25, -0.2) is 4.98 Å². The Labute approximate surface area is 87.2 Å². The Hall–Kier alpha value is -0.930. The molecule has 0 saturated heterocycles. The Kier molecular flexibility index (Phi) is 2.52. The summed E-state index contributed by atoms with van der Waals surface area (Å²) < 4.78 is 1.19. The minimum Gasteiger partial charge on any atom is -0.393 e. The van der Waals surface area contributed by atoms with Crippen molar-refractivity contribution in [1.82, 2.24) is 4.98 Å². The molecule has 74 valence electrons. The quantitative estimate of drug-likeness (QED) is 0.821. The van der Waals surface area contributed by atoms with Gasteiger partial charge in [0.15, 0.2) is 0 Å². The van der Waals surface area contributed by atoms with Crippen molar-refractivity contribution in [2.75, 3.05) is 0 Å². The van der Waals surface area contributed by atoms with Gasteiger partial charge in [-0.15, -0.1) is 11.3 Å². The molecular formula is C11H13NOS. The maximum Gasteiger partial charge on any atom is 0.0992 e. The zero-order valence-corrected chi connectivity index (χ0v) is 9.08. The van der Waals surface area contributed by atoms with E-state index in [2.05, 4.69) is 11.1 Å². The lowest BCUT2D eigenvalue weighted by atomic mass is 10.1. The predicted molar refractivity (Wildman–Crippen MR) is 59.7 cm³/mol. The fraction of sp³-hybridized carbons (Fsp3) is 0.364. The van der Waals surface area contributed by atoms with Gasteiger partial charge < -0.3 is 5.11 Å². The summed E-state index contributed by atoms with van der Waals surface area (Å²) in [6.07, 6.45) is -0.337. The molecule has 0 fully saturated rings. The third kappa shape index (κ3) is 1.65. The van der Waals surface area contributed by atoms with Crippen molar-refractivity contribution in [3.63, 3.8) is 0 Å². The number of fused-ring (bicyclic) bond motifs is 1. The first-order valence-electron chi connectivity index (χ1n) is 4.72. The third-order valence-corrected chi connectivity index (χ3v) is 3.66. The molecule has 1 N–H and O–H groups in total. The highest BCUT2D eigenvalue weighted by Gasteiger charge is 2.15. The lowest BCUT2D eigenvalue weighted by Crippen LogP contribution is -2.10. The summed E-state index contributed by atoms with van der Waals surface area (Å²) in [6.45, 7) is 3.80. The van der Waals surface area contributed by atoms with Crippen LogP contribution in [0.15, 0.2) is 24.3 Å². The highest BCUT2D eigenvalue weighted by molar-refractivity contribution is 7.18. The second kappa shape index (κ2) is 3.67. The summed E-state index contributed by atoms with van der Waals surface area (Å²) in [5.74, 6) is 0.118. The molecule has 1 heterocycles. The van der Waals surface area contributed by atoms with Crippen LogP contribution < -0.4 is 0 Å². The molecule has 0 aliphatic heterocycles. The number of hydrogen-bond acceptors (Lipinski definition) is 3. The molecule has 2 rings (SSSR count). The Balaban J connectivity index is 2.45. The Morgan fingerprint density at radius 2 is 2.00 bits per heavy atom. The van der Waals surface area contributed by atoms with Crippen LogP contribution in [0.3, 0.4) is 0 Å². The maximum atomic E-state index is 9.47. The van der Waals surface area contributed by atoms with E-state index in [0.29, 0.717) is 0 Å². The zero-order valence-electron chi connectivity index (χ0n) is 8.27. The number of benzene rings is 1. The number of nitrogens with zero attached hydrogens (tertiary/aromatic N) is 1. The second-order valence-corrected chi connectivity index (χ2v) is 4.61. The van der Waals surface area contributed by atoms with E-state index in [1.54, 1.807) is 18.3 Å². The molecule has 0 radical (unpaired) electrons. The van der Waals surface area contributed by atoms with Crippen LogP contribution in [0.25, 0.3) is 10.2 Å². The average molecular weight is 207 g/mol. The highest BCUT2D eigenvalue weighted by Crippen LogP contribution is 2.28. The van der Waals surface area contributed by atoms with E-state index in [-0.39, 0.29) is 12.0 Å². The predicted octanol–water partition coefficient (Wildman–Crippen LogP) is 2.78. The van der Waals surface area contributed by atoms with E-state index in [4.69, 9.17) is 0 Å². The molecule has 3 heteroatoms. The van der Waals surface area contributed by atoms with Crippen molar-refractivity contribution >= 4 is 21.6 Å². The van der Waals surface area contributed by atoms with E-state index in [9.17, 15) is 5.11 Å². The van der Waals surface area contributed by atoms with Crippen LogP contribution >= 0.6 is 11.3 Å². The van der Waals surface area contributed by atoms with Gasteiger partial charge in [0.1, 0.15) is 0 Å². The Morgan fingerprint density at radius 3 is 2.64 bits per heavy atom. The van der Waals surface area contributed by atoms with Crippen molar-refractivity contribution in [2.24, 2.45) is 0 Å². The summed E-state index contributed by atoms with van der Waals surface area (Å²) in [4.78, 5) is 4.49. The molecule has 0 bridgehead atoms. The largest absolute Gasteiger partial charge is 0.393 e. The molecule has 2 nitrogen and oxygen atoms in total. The SMILES string of the molecule is C[C@H](c1nc2ccccc2s1)[C@@H](C)O. The average Bonchev–Trinajstić information content (AvgIpc) is 2.59. The van der Waals surface area contributed by atoms with Gasteiger partial charge in [0.05, 0.1) is 21.3 Å². The third-order valence-electron chi connectivity index (χ3n) is 2.42. The fourth-order valence-corrected chi connectivity index (χ4v) is 2.41. The monoisotopic (exact) mass is 207 g/mol. The van der Waals surface area contributed by atoms with E-state index < -0.39 is 0 Å². The number of para-hydroxylation sites is 1. The van der Waals surface area contributed by atoms with Crippen molar-refractivity contribution in [3.05, 3.63) is 29.3 Å². The van der Waals surface area contributed by atoms with Crippen LogP contribution in [0.2, 0.25) is 0 Å². The van der Waals surface area contributed by atoms with Crippen LogP contribution in [0, 0.1) is 0 Å². The normalized spacial score (nSPS) is 15.6. The van der Waals surface area contributed by atoms with Crippen LogP contribution in [0.4, 0.5) is 0 Å². The molecule has 0 amide bonds. The van der Waals surface area contributed by atoms with Gasteiger partial charge in [-0.3, -0.25) is 0 Å². The number of aliphatic hydroxyl groups is 1. The summed E-state index contributed by atoms with van der Waals surface area (Å²) in [6, 6.07) is 8.06. The molecule has 0 aliphatic rings. The molecule has 0 spiro atoms. The van der Waals surface area contributed by atoms with Crippen LogP contribution in [-0.2, 0) is 0 Å². The van der Waals surface area contributed by atoms with Gasteiger partial charge >= 0.3 is 0 Å². The minimum atomic E-state index is -0.337. The number of aliphatic hydroxyl groups excluding tert-OH is 1. The topological polar surface area (TPSA) is 33.1 Å². The van der Waals surface area contributed by atoms with Crippen molar-refractivity contribution in [2.45, 2.75) is 25.9 Å². The molecule has 1 aromatic heterocycles. The second-order valence-electron chi connectivity index (χ2n) is 3.55. The minimum absolute atomic E-state index is 0.118. The molecule has 1 aromatic carbocycles. The smallest absolute Gasteiger partial charge is 0.0992 e. The highest BCUT2D eigenvalue weighted by atomic mass is 32.1. The van der Waals surface area contributed by atoms with Gasteiger partial charge in [0.2, 0.25) is 0 Å². The van der Waals surface area contributed by atoms with Crippen molar-refractivity contribution in [1.29, 1.82) is 0 Å². The molecule has 2 atom stereocenters. The first-order chi connectivity index (χ1) is 6.68. The fourth-order valence-electron chi connectivity index (χ4n) is 1.29. The standard InChI is InChI=1S/C11H13NOS/c1-7(8(2)13)11-12-9-5-3-4-6-10(9)14-11/h3-8,13H,1-2H3/t7-,8+/m0/s1. The van der Waals surface area contributed by atoms with Crippen molar-refractivity contribution in [3.8, 4) is 0 Å². The summed E-state index contributed by atoms with van der Waals surface area (Å²) >= 11 is 1.66. The molecular weight excluding hydrogens is 194 g/mol. The van der Waals surface area contributed by atoms with E-state index >= 15 is 0 Å². The molecule has 0 aliphatic carbocycles. The van der Waals surface area contributed by atoms with Gasteiger partial charge in [-0.05, 0) is 19.1 Å². The van der Waals surface area contributed by atoms with Crippen LogP contribution in [-0.4, -0.2) is 16.2 Å². The molecule has 14 heavy (non-hydrogen) atoms. The number of rotatable bonds is 2. The zero-order chi connectivity index (χ0) is 10.1. The van der Waals surface area contributed by atoms with Gasteiger partial charge in [-0.2, -0.15) is 0 Å². The first-order valence-corrected chi connectivity index (χ1v) is 5.53. The lowest BCUT2D eigenvalue weighted by Gasteiger charge is -2.10. The number of hydrogen-bond donors (Lipinski definition) is 1. The van der Waals surface area contributed by atoms with Crippen LogP contribution in [0.5, 0.6) is 0 Å². The summed E-state index contributed by atoms with van der Waals surface area (Å²) in [5.41, 5.74) is 1.03. The number of aromatic nitrogens is 1. The Bertz CT molecular complexity index is 403. The summed E-state index contributed by atoms with van der Waals surface area (Å²) in [5, 5.41) is 10.5. The van der Waals surface area contributed by atoms with Gasteiger partial charge in [-0.1, -0.05) is 19.1 Å². The van der Waals surface area contributed by atoms with E-state index in [1.165, 1.54) is 4.70 Å².